The third-order valence-corrected chi connectivity index (χ3v) is 5.08. The molecular formula is C20H22IN5O. The van der Waals surface area contributed by atoms with Crippen molar-refractivity contribution >= 4 is 40.0 Å². The number of halogens is 1. The number of nitrogens with one attached hydrogen (secondary N) is 2. The predicted molar refractivity (Wildman–Crippen MR) is 117 cm³/mol. The molecule has 1 aromatic carbocycles. The van der Waals surface area contributed by atoms with Gasteiger partial charge in [0.15, 0.2) is 0 Å². The number of anilines is 3. The molecule has 3 rings (SSSR count). The van der Waals surface area contributed by atoms with Crippen LogP contribution in [0.15, 0.2) is 54.9 Å². The van der Waals surface area contributed by atoms with Gasteiger partial charge in [0.25, 0.3) is 0 Å². The first kappa shape index (κ1) is 19.5. The van der Waals surface area contributed by atoms with Crippen LogP contribution in [0.25, 0.3) is 11.3 Å². The Bertz CT molecular complexity index is 889. The van der Waals surface area contributed by atoms with Crippen LogP contribution in [-0.4, -0.2) is 32.7 Å². The topological polar surface area (TPSA) is 83.0 Å². The molecule has 0 bridgehead atoms. The minimum atomic E-state index is -0.126. The van der Waals surface area contributed by atoms with Gasteiger partial charge in [-0.15, -0.1) is 0 Å². The number of aromatic nitrogens is 3. The zero-order valence-electron chi connectivity index (χ0n) is 15.2. The van der Waals surface area contributed by atoms with Crippen LogP contribution in [0.3, 0.4) is 0 Å². The number of hydrogen-bond acceptors (Lipinski definition) is 6. The van der Waals surface area contributed by atoms with E-state index in [1.54, 1.807) is 12.4 Å². The molecule has 7 heteroatoms. The first-order valence-electron chi connectivity index (χ1n) is 8.75. The van der Waals surface area contributed by atoms with Crippen LogP contribution < -0.4 is 10.6 Å². The summed E-state index contributed by atoms with van der Waals surface area (Å²) in [5.41, 5.74) is 2.63. The van der Waals surface area contributed by atoms with E-state index in [1.165, 1.54) is 0 Å². The Morgan fingerprint density at radius 1 is 1.11 bits per heavy atom. The molecule has 6 nitrogen and oxygen atoms in total. The van der Waals surface area contributed by atoms with Gasteiger partial charge in [-0.1, -0.05) is 26.0 Å². The number of aliphatic hydroxyl groups excluding tert-OH is 1. The van der Waals surface area contributed by atoms with Crippen LogP contribution in [0, 0.1) is 9.49 Å². The summed E-state index contributed by atoms with van der Waals surface area (Å²) >= 11 is 2.29. The molecule has 0 aliphatic heterocycles. The predicted octanol–water partition coefficient (Wildman–Crippen LogP) is 4.32. The average molecular weight is 475 g/mol. The van der Waals surface area contributed by atoms with Crippen molar-refractivity contribution in [1.82, 2.24) is 15.0 Å². The Labute approximate surface area is 172 Å². The van der Waals surface area contributed by atoms with Gasteiger partial charge >= 0.3 is 0 Å². The van der Waals surface area contributed by atoms with Crippen molar-refractivity contribution in [2.45, 2.75) is 19.9 Å². The number of para-hydroxylation sites is 1. The fourth-order valence-corrected chi connectivity index (χ4v) is 3.05. The van der Waals surface area contributed by atoms with Gasteiger partial charge < -0.3 is 15.7 Å². The van der Waals surface area contributed by atoms with E-state index in [0.717, 1.165) is 20.5 Å². The quantitative estimate of drug-likeness (QED) is 0.442. The van der Waals surface area contributed by atoms with Crippen LogP contribution in [0.1, 0.15) is 13.8 Å². The number of aliphatic hydroxyl groups is 1. The minimum absolute atomic E-state index is 0.0114. The zero-order valence-corrected chi connectivity index (χ0v) is 17.4. The van der Waals surface area contributed by atoms with E-state index in [9.17, 15) is 5.11 Å². The van der Waals surface area contributed by atoms with Gasteiger partial charge in [-0.05, 0) is 52.8 Å². The van der Waals surface area contributed by atoms with Gasteiger partial charge in [-0.2, -0.15) is 4.98 Å². The van der Waals surface area contributed by atoms with Crippen molar-refractivity contribution in [3.63, 3.8) is 0 Å². The summed E-state index contributed by atoms with van der Waals surface area (Å²) in [5.74, 6) is 1.39. The third-order valence-electron chi connectivity index (χ3n) is 4.14. The molecule has 0 fully saturated rings. The first-order valence-corrected chi connectivity index (χ1v) is 9.83. The molecule has 0 saturated carbocycles. The monoisotopic (exact) mass is 475 g/mol. The lowest BCUT2D eigenvalue weighted by molar-refractivity contribution is 0.248. The molecule has 2 heterocycles. The SMILES string of the molecule is CC(C)[C@H](CO)Nc1nc(Nc2ccccc2I)cc(-c2cccnc2)n1. The average Bonchev–Trinajstić information content (AvgIpc) is 2.68. The second-order valence-electron chi connectivity index (χ2n) is 6.49. The summed E-state index contributed by atoms with van der Waals surface area (Å²) in [6.07, 6.45) is 3.50. The van der Waals surface area contributed by atoms with E-state index < -0.39 is 0 Å². The Balaban J connectivity index is 1.99. The van der Waals surface area contributed by atoms with Crippen LogP contribution in [0.5, 0.6) is 0 Å². The normalized spacial score (nSPS) is 12.0. The van der Waals surface area contributed by atoms with Gasteiger partial charge in [0.1, 0.15) is 5.82 Å². The Morgan fingerprint density at radius 3 is 2.59 bits per heavy atom. The fraction of sp³-hybridized carbons (Fsp3) is 0.250. The summed E-state index contributed by atoms with van der Waals surface area (Å²) < 4.78 is 1.10. The largest absolute Gasteiger partial charge is 0.394 e. The Hall–Kier alpha value is -2.26. The van der Waals surface area contributed by atoms with Crippen LogP contribution >= 0.6 is 22.6 Å². The molecule has 1 atom stereocenters. The van der Waals surface area contributed by atoms with Gasteiger partial charge in [0.05, 0.1) is 24.0 Å². The van der Waals surface area contributed by atoms with E-state index in [0.29, 0.717) is 11.8 Å². The Kier molecular flexibility index (Phi) is 6.57. The van der Waals surface area contributed by atoms with E-state index in [1.807, 2.05) is 56.3 Å². The highest BCUT2D eigenvalue weighted by atomic mass is 127. The molecule has 0 aliphatic carbocycles. The van der Waals surface area contributed by atoms with Gasteiger partial charge in [0.2, 0.25) is 5.95 Å². The highest BCUT2D eigenvalue weighted by Crippen LogP contribution is 2.26. The van der Waals surface area contributed by atoms with Crippen LogP contribution in [0.2, 0.25) is 0 Å². The summed E-state index contributed by atoms with van der Waals surface area (Å²) in [5, 5.41) is 16.2. The summed E-state index contributed by atoms with van der Waals surface area (Å²) in [6.45, 7) is 4.10. The van der Waals surface area contributed by atoms with Crippen molar-refractivity contribution in [2.75, 3.05) is 17.2 Å². The highest BCUT2D eigenvalue weighted by molar-refractivity contribution is 14.1. The number of rotatable bonds is 7. The minimum Gasteiger partial charge on any atom is -0.394 e. The third kappa shape index (κ3) is 5.14. The zero-order chi connectivity index (χ0) is 19.2. The molecular weight excluding hydrogens is 453 g/mol. The molecule has 0 spiro atoms. The van der Waals surface area contributed by atoms with Crippen molar-refractivity contribution in [2.24, 2.45) is 5.92 Å². The van der Waals surface area contributed by atoms with Crippen LogP contribution in [-0.2, 0) is 0 Å². The maximum Gasteiger partial charge on any atom is 0.225 e. The standard InChI is InChI=1S/C20H22IN5O/c1-13(2)18(12-27)25-20-24-17(14-6-5-9-22-11-14)10-19(26-20)23-16-8-4-3-7-15(16)21/h3-11,13,18,27H,12H2,1-2H3,(H2,23,24,25,26)/t18-/m0/s1. The van der Waals surface area contributed by atoms with Gasteiger partial charge in [-0.3, -0.25) is 4.98 Å². The Morgan fingerprint density at radius 2 is 1.93 bits per heavy atom. The van der Waals surface area contributed by atoms with Crippen molar-refractivity contribution in [1.29, 1.82) is 0 Å². The summed E-state index contributed by atoms with van der Waals surface area (Å²) in [7, 11) is 0. The summed E-state index contributed by atoms with van der Waals surface area (Å²) in [4.78, 5) is 13.4. The molecule has 140 valence electrons. The van der Waals surface area contributed by atoms with E-state index in [-0.39, 0.29) is 18.6 Å². The fourth-order valence-electron chi connectivity index (χ4n) is 2.53. The molecule has 27 heavy (non-hydrogen) atoms. The number of nitrogens with zero attached hydrogens (tertiary/aromatic N) is 3. The highest BCUT2D eigenvalue weighted by Gasteiger charge is 2.15. The molecule has 3 N–H and O–H groups in total. The number of benzene rings is 1. The van der Waals surface area contributed by atoms with Crippen LogP contribution in [0.4, 0.5) is 17.5 Å². The molecule has 0 aliphatic rings. The van der Waals surface area contributed by atoms with Gasteiger partial charge in [-0.25, -0.2) is 4.98 Å². The molecule has 3 aromatic rings. The van der Waals surface area contributed by atoms with E-state index >= 15 is 0 Å². The second-order valence-corrected chi connectivity index (χ2v) is 7.65. The molecule has 2 aromatic heterocycles. The maximum atomic E-state index is 9.64. The van der Waals surface area contributed by atoms with Gasteiger partial charge in [0, 0.05) is 27.6 Å². The molecule has 0 radical (unpaired) electrons. The molecule has 0 amide bonds. The van der Waals surface area contributed by atoms with E-state index in [4.69, 9.17) is 0 Å². The smallest absolute Gasteiger partial charge is 0.225 e. The molecule has 0 unspecified atom stereocenters. The van der Waals surface area contributed by atoms with Crippen molar-refractivity contribution in [3.05, 3.63) is 58.4 Å². The lowest BCUT2D eigenvalue weighted by Gasteiger charge is -2.20. The maximum absolute atomic E-state index is 9.64. The first-order chi connectivity index (χ1) is 13.1. The number of pyridine rings is 1. The van der Waals surface area contributed by atoms with Crippen molar-refractivity contribution in [3.8, 4) is 11.3 Å². The summed E-state index contributed by atoms with van der Waals surface area (Å²) in [6, 6.07) is 13.6. The lowest BCUT2D eigenvalue weighted by atomic mass is 10.1. The molecule has 0 saturated heterocycles. The second kappa shape index (κ2) is 9.09. The van der Waals surface area contributed by atoms with E-state index in [2.05, 4.69) is 48.2 Å². The van der Waals surface area contributed by atoms with Crippen molar-refractivity contribution < 1.29 is 5.11 Å². The lowest BCUT2D eigenvalue weighted by Crippen LogP contribution is -2.30. The number of hydrogen-bond donors (Lipinski definition) is 3.